The molecule has 2 aliphatic heterocycles. The van der Waals surface area contributed by atoms with Crippen LogP contribution < -0.4 is 13.8 Å². The summed E-state index contributed by atoms with van der Waals surface area (Å²) in [5.41, 5.74) is 1.76. The van der Waals surface area contributed by atoms with Crippen LogP contribution in [-0.4, -0.2) is 69.0 Å². The number of piperidine rings is 2. The highest BCUT2D eigenvalue weighted by Crippen LogP contribution is 2.27. The fourth-order valence-electron chi connectivity index (χ4n) is 4.51. The number of hydrogen-bond acceptors (Lipinski definition) is 5. The third kappa shape index (κ3) is 6.27. The lowest BCUT2D eigenvalue weighted by molar-refractivity contribution is -0.130. The van der Waals surface area contributed by atoms with E-state index in [0.717, 1.165) is 18.6 Å². The summed E-state index contributed by atoms with van der Waals surface area (Å²) in [5, 5.41) is 0. The highest BCUT2D eigenvalue weighted by Gasteiger charge is 2.32. The topological polar surface area (TPSA) is 79.4 Å². The number of likely N-dealkylation sites (tertiary alicyclic amines) is 1. The lowest BCUT2D eigenvalue weighted by Crippen LogP contribution is -2.47. The van der Waals surface area contributed by atoms with Gasteiger partial charge in [-0.05, 0) is 56.2 Å². The highest BCUT2D eigenvalue weighted by molar-refractivity contribution is 7.90. The summed E-state index contributed by atoms with van der Waals surface area (Å²) >= 11 is 0. The minimum absolute atomic E-state index is 0.00760. The van der Waals surface area contributed by atoms with E-state index in [0.29, 0.717) is 50.5 Å². The molecule has 190 valence electrons. The van der Waals surface area contributed by atoms with Gasteiger partial charge < -0.3 is 14.4 Å². The Labute approximate surface area is 208 Å². The highest BCUT2D eigenvalue weighted by atomic mass is 32.2. The quantitative estimate of drug-likeness (QED) is 0.579. The van der Waals surface area contributed by atoms with Crippen molar-refractivity contribution in [3.63, 3.8) is 0 Å². The Balaban J connectivity index is 1.29. The summed E-state index contributed by atoms with van der Waals surface area (Å²) in [4.78, 5) is 13.3. The van der Waals surface area contributed by atoms with E-state index in [1.807, 2.05) is 36.1 Å². The summed E-state index contributed by atoms with van der Waals surface area (Å²) in [6.45, 7) is 5.86. The molecule has 0 unspecified atom stereocenters. The first-order valence-electron chi connectivity index (χ1n) is 12.2. The normalized spacial score (nSPS) is 18.3. The molecular weight excluding hydrogens is 466 g/mol. The first-order chi connectivity index (χ1) is 16.7. The smallest absolute Gasteiger partial charge is 0.303 e. The zero-order valence-corrected chi connectivity index (χ0v) is 21.5. The fraction of sp³-hybridized carbons (Fsp3) is 0.500. The Morgan fingerprint density at radius 1 is 0.829 bits per heavy atom. The summed E-state index contributed by atoms with van der Waals surface area (Å²) in [6.07, 6.45) is 2.94. The van der Waals surface area contributed by atoms with Crippen LogP contribution in [0.1, 0.15) is 38.2 Å². The Kier molecular flexibility index (Phi) is 7.86. The van der Waals surface area contributed by atoms with E-state index < -0.39 is 10.2 Å². The molecule has 2 aliphatic rings. The van der Waals surface area contributed by atoms with Crippen LogP contribution in [0.5, 0.6) is 11.5 Å². The van der Waals surface area contributed by atoms with Crippen molar-refractivity contribution in [2.75, 3.05) is 37.5 Å². The van der Waals surface area contributed by atoms with Crippen molar-refractivity contribution in [2.45, 2.75) is 51.7 Å². The van der Waals surface area contributed by atoms with E-state index in [9.17, 15) is 13.2 Å². The first kappa shape index (κ1) is 25.3. The van der Waals surface area contributed by atoms with Crippen molar-refractivity contribution >= 4 is 21.8 Å². The number of anilines is 1. The standard InChI is InChI=1S/C26H35N3O5S/c1-20-4-8-23(9-5-20)33-26-14-18-29(19-15-26)35(31,32)27(3)22-6-10-24(11-7-22)34-25-12-16-28(17-13-25)21(2)30/h4-11,25-26H,12-19H2,1-3H3. The van der Waals surface area contributed by atoms with Crippen molar-refractivity contribution in [1.82, 2.24) is 9.21 Å². The molecule has 0 bridgehead atoms. The number of carbonyl (C=O) groups is 1. The number of amides is 1. The summed E-state index contributed by atoms with van der Waals surface area (Å²) in [5.74, 6) is 1.62. The number of carbonyl (C=O) groups excluding carboxylic acids is 1. The van der Waals surface area contributed by atoms with E-state index in [-0.39, 0.29) is 18.1 Å². The maximum atomic E-state index is 13.2. The van der Waals surface area contributed by atoms with Gasteiger partial charge in [-0.1, -0.05) is 17.7 Å². The van der Waals surface area contributed by atoms with Gasteiger partial charge in [-0.2, -0.15) is 12.7 Å². The Morgan fingerprint density at radius 3 is 1.77 bits per heavy atom. The van der Waals surface area contributed by atoms with Crippen LogP contribution in [0.3, 0.4) is 0 Å². The monoisotopic (exact) mass is 501 g/mol. The van der Waals surface area contributed by atoms with Gasteiger partial charge in [0.25, 0.3) is 0 Å². The van der Waals surface area contributed by atoms with Crippen molar-refractivity contribution in [2.24, 2.45) is 0 Å². The van der Waals surface area contributed by atoms with Gasteiger partial charge in [0.15, 0.2) is 0 Å². The summed E-state index contributed by atoms with van der Waals surface area (Å²) in [7, 11) is -2.06. The Hall–Kier alpha value is -2.78. The van der Waals surface area contributed by atoms with Crippen molar-refractivity contribution in [3.05, 3.63) is 54.1 Å². The van der Waals surface area contributed by atoms with Gasteiger partial charge in [-0.25, -0.2) is 0 Å². The molecule has 0 radical (unpaired) electrons. The molecule has 2 heterocycles. The molecule has 0 saturated carbocycles. The average molecular weight is 502 g/mol. The maximum Gasteiger partial charge on any atom is 0.303 e. The molecule has 9 heteroatoms. The number of aryl methyl sites for hydroxylation is 1. The number of nitrogens with zero attached hydrogens (tertiary/aromatic N) is 3. The van der Waals surface area contributed by atoms with Gasteiger partial charge in [0.05, 0.1) is 5.69 Å². The van der Waals surface area contributed by atoms with Crippen LogP contribution >= 0.6 is 0 Å². The van der Waals surface area contributed by atoms with Gasteiger partial charge in [0, 0.05) is 53.0 Å². The molecular formula is C26H35N3O5S. The number of ether oxygens (including phenoxy) is 2. The molecule has 2 saturated heterocycles. The molecule has 8 nitrogen and oxygen atoms in total. The van der Waals surface area contributed by atoms with Crippen LogP contribution in [0, 0.1) is 6.92 Å². The Bertz CT molecular complexity index is 1090. The largest absolute Gasteiger partial charge is 0.490 e. The molecule has 0 aliphatic carbocycles. The van der Waals surface area contributed by atoms with Crippen LogP contribution in [0.4, 0.5) is 5.69 Å². The second kappa shape index (κ2) is 10.9. The van der Waals surface area contributed by atoms with Gasteiger partial charge in [-0.3, -0.25) is 9.10 Å². The lowest BCUT2D eigenvalue weighted by atomic mass is 10.1. The van der Waals surface area contributed by atoms with Crippen molar-refractivity contribution in [3.8, 4) is 11.5 Å². The molecule has 1 amide bonds. The van der Waals surface area contributed by atoms with Gasteiger partial charge in [0.2, 0.25) is 5.91 Å². The summed E-state index contributed by atoms with van der Waals surface area (Å²) < 4.78 is 41.4. The molecule has 0 aromatic heterocycles. The minimum atomic E-state index is -3.64. The average Bonchev–Trinajstić information content (AvgIpc) is 2.86. The fourth-order valence-corrected chi connectivity index (χ4v) is 5.92. The molecule has 2 aromatic carbocycles. The van der Waals surface area contributed by atoms with Crippen LogP contribution in [0.2, 0.25) is 0 Å². The van der Waals surface area contributed by atoms with Crippen LogP contribution in [-0.2, 0) is 15.0 Å². The SMILES string of the molecule is CC(=O)N1CCC(Oc2ccc(N(C)S(=O)(=O)N3CCC(Oc4ccc(C)cc4)CC3)cc2)CC1. The van der Waals surface area contributed by atoms with E-state index >= 15 is 0 Å². The maximum absolute atomic E-state index is 13.2. The van der Waals surface area contributed by atoms with Crippen LogP contribution in [0.15, 0.2) is 48.5 Å². The third-order valence-electron chi connectivity index (χ3n) is 6.79. The minimum Gasteiger partial charge on any atom is -0.490 e. The number of hydrogen-bond donors (Lipinski definition) is 0. The first-order valence-corrected chi connectivity index (χ1v) is 13.6. The molecule has 0 spiro atoms. The van der Waals surface area contributed by atoms with Crippen molar-refractivity contribution < 1.29 is 22.7 Å². The molecule has 35 heavy (non-hydrogen) atoms. The number of rotatable bonds is 7. The van der Waals surface area contributed by atoms with Gasteiger partial charge in [0.1, 0.15) is 23.7 Å². The predicted molar refractivity (Wildman–Crippen MR) is 136 cm³/mol. The third-order valence-corrected chi connectivity index (χ3v) is 8.71. The molecule has 4 rings (SSSR count). The Morgan fingerprint density at radius 2 is 1.29 bits per heavy atom. The molecule has 2 aromatic rings. The molecule has 0 atom stereocenters. The zero-order chi connectivity index (χ0) is 25.0. The van der Waals surface area contributed by atoms with E-state index in [1.165, 1.54) is 14.2 Å². The molecule has 2 fully saturated rings. The lowest BCUT2D eigenvalue weighted by Gasteiger charge is -2.34. The van der Waals surface area contributed by atoms with E-state index in [2.05, 4.69) is 0 Å². The van der Waals surface area contributed by atoms with E-state index in [1.54, 1.807) is 38.2 Å². The second-order valence-corrected chi connectivity index (χ2v) is 11.3. The summed E-state index contributed by atoms with van der Waals surface area (Å²) in [6, 6.07) is 15.1. The second-order valence-electron chi connectivity index (χ2n) is 9.32. The zero-order valence-electron chi connectivity index (χ0n) is 20.7. The number of benzene rings is 2. The van der Waals surface area contributed by atoms with Gasteiger partial charge >= 0.3 is 10.2 Å². The predicted octanol–water partition coefficient (Wildman–Crippen LogP) is 3.61. The van der Waals surface area contributed by atoms with Crippen molar-refractivity contribution in [1.29, 1.82) is 0 Å². The van der Waals surface area contributed by atoms with E-state index in [4.69, 9.17) is 9.47 Å². The van der Waals surface area contributed by atoms with Gasteiger partial charge in [-0.15, -0.1) is 0 Å². The van der Waals surface area contributed by atoms with Crippen LogP contribution in [0.25, 0.3) is 0 Å². The molecule has 0 N–H and O–H groups in total.